The van der Waals surface area contributed by atoms with Crippen LogP contribution in [0.4, 0.5) is 21.9 Å². The lowest BCUT2D eigenvalue weighted by Crippen LogP contribution is -2.34. The van der Waals surface area contributed by atoms with Gasteiger partial charge in [-0.2, -0.15) is 5.10 Å². The molecule has 0 radical (unpaired) electrons. The molecule has 0 spiro atoms. The molecule has 3 aromatic carbocycles. The molecule has 3 heterocycles. The van der Waals surface area contributed by atoms with Crippen LogP contribution in [0.3, 0.4) is 0 Å². The van der Waals surface area contributed by atoms with E-state index in [-0.39, 0.29) is 11.9 Å². The zero-order valence-electron chi connectivity index (χ0n) is 20.8. The Kier molecular flexibility index (Phi) is 6.35. The van der Waals surface area contributed by atoms with Crippen LogP contribution in [0.25, 0.3) is 22.0 Å². The molecule has 2 aromatic heterocycles. The summed E-state index contributed by atoms with van der Waals surface area (Å²) in [6, 6.07) is 21.3. The fraction of sp³-hybridized carbons (Fsp3) is 0.138. The fourth-order valence-corrected chi connectivity index (χ4v) is 5.51. The van der Waals surface area contributed by atoms with Gasteiger partial charge < -0.3 is 20.5 Å². The lowest BCUT2D eigenvalue weighted by atomic mass is 10.1. The Morgan fingerprint density at radius 2 is 1.92 bits per heavy atom. The molecule has 0 atom stereocenters. The van der Waals surface area contributed by atoms with Gasteiger partial charge in [-0.15, -0.1) is 11.8 Å². The molecule has 1 aliphatic rings. The number of nitrogens with one attached hydrogen (secondary N) is 3. The van der Waals surface area contributed by atoms with E-state index in [0.717, 1.165) is 44.7 Å². The number of amides is 3. The summed E-state index contributed by atoms with van der Waals surface area (Å²) in [5, 5.41) is 11.2. The molecule has 0 fully saturated rings. The maximum absolute atomic E-state index is 13.0. The largest absolute Gasteiger partial charge is 0.359 e. The molecule has 9 heteroatoms. The van der Waals surface area contributed by atoms with Crippen LogP contribution in [0.15, 0.2) is 90.2 Å². The number of urea groups is 1. The third kappa shape index (κ3) is 4.76. The van der Waals surface area contributed by atoms with Crippen molar-refractivity contribution in [3.63, 3.8) is 0 Å². The first-order valence-electron chi connectivity index (χ1n) is 12.4. The standard InChI is InChI=1S/C29H26N6O2S/c1-2-34-17-21(14-31-34)20-8-10-24-23(12-20)25(15-30-24)33-29(37)32-22-9-11-27-26(13-22)35(28(36)18-38-27)16-19-6-4-3-5-7-19/h3-15,17,30H,2,16,18H2,1H3,(H2,32,33,37). The first-order valence-corrected chi connectivity index (χ1v) is 13.4. The predicted molar refractivity (Wildman–Crippen MR) is 153 cm³/mol. The maximum Gasteiger partial charge on any atom is 0.323 e. The first kappa shape index (κ1) is 23.9. The van der Waals surface area contributed by atoms with E-state index in [0.29, 0.717) is 23.7 Å². The Morgan fingerprint density at radius 1 is 1.05 bits per heavy atom. The van der Waals surface area contributed by atoms with Crippen molar-refractivity contribution in [2.75, 3.05) is 21.3 Å². The van der Waals surface area contributed by atoms with Crippen molar-refractivity contribution < 1.29 is 9.59 Å². The highest BCUT2D eigenvalue weighted by Crippen LogP contribution is 2.38. The van der Waals surface area contributed by atoms with E-state index in [2.05, 4.69) is 20.7 Å². The molecule has 0 saturated carbocycles. The van der Waals surface area contributed by atoms with Crippen LogP contribution >= 0.6 is 11.8 Å². The molecule has 190 valence electrons. The van der Waals surface area contributed by atoms with Gasteiger partial charge in [0, 0.05) is 46.0 Å². The molecule has 5 aromatic rings. The second-order valence-electron chi connectivity index (χ2n) is 9.06. The van der Waals surface area contributed by atoms with E-state index in [1.165, 1.54) is 11.8 Å². The van der Waals surface area contributed by atoms with Crippen molar-refractivity contribution in [3.05, 3.63) is 90.9 Å². The number of thioether (sulfide) groups is 1. The van der Waals surface area contributed by atoms with Gasteiger partial charge >= 0.3 is 6.03 Å². The highest BCUT2D eigenvalue weighted by molar-refractivity contribution is 8.00. The number of aryl methyl sites for hydroxylation is 1. The summed E-state index contributed by atoms with van der Waals surface area (Å²) < 4.78 is 1.88. The number of rotatable bonds is 6. The number of hydrogen-bond donors (Lipinski definition) is 3. The zero-order chi connectivity index (χ0) is 26.1. The van der Waals surface area contributed by atoms with Crippen molar-refractivity contribution in [2.24, 2.45) is 0 Å². The molecule has 8 nitrogen and oxygen atoms in total. The van der Waals surface area contributed by atoms with Crippen molar-refractivity contribution in [2.45, 2.75) is 24.9 Å². The van der Waals surface area contributed by atoms with Crippen LogP contribution < -0.4 is 15.5 Å². The SMILES string of the molecule is CCn1cc(-c2ccc3[nH]cc(NC(=O)Nc4ccc5c(c4)N(Cc4ccccc4)C(=O)CS5)c3c2)cn1. The molecule has 0 saturated heterocycles. The molecule has 38 heavy (non-hydrogen) atoms. The summed E-state index contributed by atoms with van der Waals surface area (Å²) >= 11 is 1.52. The number of aromatic amines is 1. The summed E-state index contributed by atoms with van der Waals surface area (Å²) in [6.45, 7) is 3.34. The van der Waals surface area contributed by atoms with Crippen LogP contribution in [0.1, 0.15) is 12.5 Å². The van der Waals surface area contributed by atoms with Crippen molar-refractivity contribution in [3.8, 4) is 11.1 Å². The molecule has 3 amide bonds. The minimum atomic E-state index is -0.362. The third-order valence-electron chi connectivity index (χ3n) is 6.56. The van der Waals surface area contributed by atoms with Gasteiger partial charge in [0.15, 0.2) is 0 Å². The van der Waals surface area contributed by atoms with Crippen molar-refractivity contribution in [1.29, 1.82) is 0 Å². The van der Waals surface area contributed by atoms with E-state index in [9.17, 15) is 9.59 Å². The smallest absolute Gasteiger partial charge is 0.323 e. The number of carbonyl (C=O) groups excluding carboxylic acids is 2. The van der Waals surface area contributed by atoms with Crippen LogP contribution in [-0.4, -0.2) is 32.5 Å². The summed E-state index contributed by atoms with van der Waals surface area (Å²) in [6.07, 6.45) is 5.64. The molecular formula is C29H26N6O2S. The lowest BCUT2D eigenvalue weighted by Gasteiger charge is -2.29. The minimum absolute atomic E-state index is 0.0482. The van der Waals surface area contributed by atoms with Crippen molar-refractivity contribution >= 4 is 51.7 Å². The van der Waals surface area contributed by atoms with E-state index >= 15 is 0 Å². The number of hydrogen-bond acceptors (Lipinski definition) is 4. The van der Waals surface area contributed by atoms with E-state index in [4.69, 9.17) is 0 Å². The van der Waals surface area contributed by atoms with Crippen LogP contribution in [0.5, 0.6) is 0 Å². The Hall–Kier alpha value is -4.50. The Morgan fingerprint density at radius 3 is 2.74 bits per heavy atom. The zero-order valence-corrected chi connectivity index (χ0v) is 21.6. The Labute approximate surface area is 224 Å². The van der Waals surface area contributed by atoms with E-state index in [1.54, 1.807) is 11.1 Å². The quantitative estimate of drug-likeness (QED) is 0.243. The number of benzene rings is 3. The normalized spacial score (nSPS) is 13.0. The first-order chi connectivity index (χ1) is 18.6. The summed E-state index contributed by atoms with van der Waals surface area (Å²) in [5.74, 6) is 0.446. The lowest BCUT2D eigenvalue weighted by molar-refractivity contribution is -0.116. The molecule has 3 N–H and O–H groups in total. The van der Waals surface area contributed by atoms with Gasteiger partial charge in [0.1, 0.15) is 0 Å². The van der Waals surface area contributed by atoms with Crippen LogP contribution in [0, 0.1) is 0 Å². The second-order valence-corrected chi connectivity index (χ2v) is 10.1. The average Bonchev–Trinajstić information content (AvgIpc) is 3.58. The fourth-order valence-electron chi connectivity index (χ4n) is 4.59. The van der Waals surface area contributed by atoms with Gasteiger partial charge in [0.25, 0.3) is 0 Å². The molecule has 0 aliphatic carbocycles. The van der Waals surface area contributed by atoms with Crippen LogP contribution in [-0.2, 0) is 17.9 Å². The molecule has 6 rings (SSSR count). The Balaban J connectivity index is 1.21. The highest BCUT2D eigenvalue weighted by Gasteiger charge is 2.25. The minimum Gasteiger partial charge on any atom is -0.359 e. The van der Waals surface area contributed by atoms with Gasteiger partial charge in [0.05, 0.1) is 29.9 Å². The van der Waals surface area contributed by atoms with Crippen LogP contribution in [0.2, 0.25) is 0 Å². The van der Waals surface area contributed by atoms with E-state index in [1.807, 2.05) is 90.7 Å². The number of carbonyl (C=O) groups is 2. The van der Waals surface area contributed by atoms with E-state index < -0.39 is 0 Å². The number of anilines is 3. The second kappa shape index (κ2) is 10.1. The summed E-state index contributed by atoms with van der Waals surface area (Å²) in [4.78, 5) is 31.8. The van der Waals surface area contributed by atoms with Gasteiger partial charge in [-0.25, -0.2) is 4.79 Å². The van der Waals surface area contributed by atoms with Gasteiger partial charge in [-0.3, -0.25) is 9.48 Å². The monoisotopic (exact) mass is 522 g/mol. The molecule has 0 bridgehead atoms. The van der Waals surface area contributed by atoms with Crippen molar-refractivity contribution in [1.82, 2.24) is 14.8 Å². The molecule has 1 aliphatic heterocycles. The Bertz CT molecular complexity index is 1640. The van der Waals surface area contributed by atoms with Gasteiger partial charge in [-0.1, -0.05) is 36.4 Å². The average molecular weight is 523 g/mol. The summed E-state index contributed by atoms with van der Waals surface area (Å²) in [7, 11) is 0. The molecular weight excluding hydrogens is 496 g/mol. The highest BCUT2D eigenvalue weighted by atomic mass is 32.2. The predicted octanol–water partition coefficient (Wildman–Crippen LogP) is 6.33. The topological polar surface area (TPSA) is 95.0 Å². The van der Waals surface area contributed by atoms with Gasteiger partial charge in [0.2, 0.25) is 5.91 Å². The number of nitrogens with zero attached hydrogens (tertiary/aromatic N) is 3. The maximum atomic E-state index is 13.0. The number of aromatic nitrogens is 3. The van der Waals surface area contributed by atoms with Gasteiger partial charge in [-0.05, 0) is 48.4 Å². The summed E-state index contributed by atoms with van der Waals surface area (Å²) in [5.41, 5.74) is 6.11. The number of fused-ring (bicyclic) bond motifs is 2. The number of H-pyrrole nitrogens is 1. The molecule has 0 unspecified atom stereocenters. The third-order valence-corrected chi connectivity index (χ3v) is 7.61.